The van der Waals surface area contributed by atoms with Crippen LogP contribution in [0.5, 0.6) is 0 Å². The minimum absolute atomic E-state index is 0.0862. The quantitative estimate of drug-likeness (QED) is 0.828. The summed E-state index contributed by atoms with van der Waals surface area (Å²) in [6.45, 7) is 9.42. The monoisotopic (exact) mass is 339 g/mol. The summed E-state index contributed by atoms with van der Waals surface area (Å²) in [5.74, 6) is 3.18. The van der Waals surface area contributed by atoms with Crippen LogP contribution in [0.25, 0.3) is 0 Å². The molecule has 3 rings (SSSR count). The molecule has 2 saturated heterocycles. The lowest BCUT2D eigenvalue weighted by Crippen LogP contribution is -2.43. The molecule has 0 aromatic rings. The first-order valence-electron chi connectivity index (χ1n) is 9.40. The summed E-state index contributed by atoms with van der Waals surface area (Å²) in [6.07, 6.45) is 5.05. The highest BCUT2D eigenvalue weighted by Crippen LogP contribution is 2.43. The Morgan fingerprint density at radius 2 is 2.04 bits per heavy atom. The predicted molar refractivity (Wildman–Crippen MR) is 97.2 cm³/mol. The van der Waals surface area contributed by atoms with Crippen molar-refractivity contribution >= 4 is 17.7 Å². The van der Waals surface area contributed by atoms with E-state index in [0.717, 1.165) is 31.3 Å². The van der Waals surface area contributed by atoms with Crippen LogP contribution in [-0.2, 0) is 4.79 Å². The van der Waals surface area contributed by atoms with Gasteiger partial charge in [0.15, 0.2) is 0 Å². The minimum Gasteiger partial charge on any atom is -0.341 e. The van der Waals surface area contributed by atoms with E-state index in [9.17, 15) is 4.79 Å². The first-order chi connectivity index (χ1) is 11.0. The van der Waals surface area contributed by atoms with Gasteiger partial charge in [0.2, 0.25) is 5.91 Å². The summed E-state index contributed by atoms with van der Waals surface area (Å²) in [7, 11) is 0. The van der Waals surface area contributed by atoms with Gasteiger partial charge in [-0.3, -0.25) is 4.79 Å². The molecule has 0 aromatic carbocycles. The molecule has 7 atom stereocenters. The molecule has 1 amide bonds. The van der Waals surface area contributed by atoms with E-state index in [0.29, 0.717) is 29.7 Å². The largest absolute Gasteiger partial charge is 0.341 e. The van der Waals surface area contributed by atoms with Crippen LogP contribution >= 0.6 is 11.8 Å². The van der Waals surface area contributed by atoms with Crippen molar-refractivity contribution in [1.29, 1.82) is 0 Å². The summed E-state index contributed by atoms with van der Waals surface area (Å²) < 4.78 is 0. The maximum atomic E-state index is 12.9. The SMILES string of the molecule is CC1CCC(C2NC(C)C(C(=O)N3CCC(CN)C3)S2)C(C)C1. The molecular formula is C18H33N3OS. The average Bonchev–Trinajstić information content (AvgIpc) is 3.13. The van der Waals surface area contributed by atoms with Crippen molar-refractivity contribution in [2.75, 3.05) is 19.6 Å². The zero-order valence-electron chi connectivity index (χ0n) is 14.8. The van der Waals surface area contributed by atoms with Crippen molar-refractivity contribution in [3.8, 4) is 0 Å². The molecule has 3 aliphatic rings. The van der Waals surface area contributed by atoms with Crippen molar-refractivity contribution in [1.82, 2.24) is 10.2 Å². The van der Waals surface area contributed by atoms with E-state index >= 15 is 0 Å². The third-order valence-electron chi connectivity index (χ3n) is 6.24. The number of amides is 1. The lowest BCUT2D eigenvalue weighted by atomic mass is 9.75. The van der Waals surface area contributed by atoms with E-state index in [2.05, 4.69) is 31.0 Å². The molecule has 3 N–H and O–H groups in total. The third-order valence-corrected chi connectivity index (χ3v) is 7.92. The van der Waals surface area contributed by atoms with Crippen molar-refractivity contribution in [2.24, 2.45) is 29.4 Å². The lowest BCUT2D eigenvalue weighted by Gasteiger charge is -2.36. The summed E-state index contributed by atoms with van der Waals surface area (Å²) in [4.78, 5) is 15.0. The molecule has 2 heterocycles. The van der Waals surface area contributed by atoms with E-state index in [4.69, 9.17) is 5.73 Å². The number of nitrogens with two attached hydrogens (primary N) is 1. The Balaban J connectivity index is 1.59. The number of thioether (sulfide) groups is 1. The number of hydrogen-bond donors (Lipinski definition) is 2. The molecule has 1 aliphatic carbocycles. The fraction of sp³-hybridized carbons (Fsp3) is 0.944. The third kappa shape index (κ3) is 3.72. The Kier molecular flexibility index (Phi) is 5.59. The Morgan fingerprint density at radius 1 is 1.26 bits per heavy atom. The van der Waals surface area contributed by atoms with Crippen LogP contribution in [0.4, 0.5) is 0 Å². The first-order valence-corrected chi connectivity index (χ1v) is 10.3. The van der Waals surface area contributed by atoms with Crippen LogP contribution in [0, 0.1) is 23.7 Å². The molecule has 0 radical (unpaired) electrons. The highest BCUT2D eigenvalue weighted by molar-refractivity contribution is 8.01. The number of nitrogens with one attached hydrogen (secondary N) is 1. The van der Waals surface area contributed by atoms with Gasteiger partial charge in [0.1, 0.15) is 5.25 Å². The summed E-state index contributed by atoms with van der Waals surface area (Å²) in [6, 6.07) is 0.279. The van der Waals surface area contributed by atoms with E-state index in [-0.39, 0.29) is 11.3 Å². The van der Waals surface area contributed by atoms with Crippen LogP contribution in [0.1, 0.15) is 46.5 Å². The molecule has 7 unspecified atom stereocenters. The second-order valence-electron chi connectivity index (χ2n) is 8.17. The van der Waals surface area contributed by atoms with Crippen molar-refractivity contribution in [2.45, 2.75) is 63.1 Å². The molecule has 132 valence electrons. The van der Waals surface area contributed by atoms with Gasteiger partial charge in [-0.15, -0.1) is 11.8 Å². The van der Waals surface area contributed by atoms with E-state index in [1.54, 1.807) is 0 Å². The van der Waals surface area contributed by atoms with Gasteiger partial charge in [-0.2, -0.15) is 0 Å². The zero-order chi connectivity index (χ0) is 16.6. The van der Waals surface area contributed by atoms with Crippen LogP contribution in [0.2, 0.25) is 0 Å². The highest BCUT2D eigenvalue weighted by atomic mass is 32.2. The number of rotatable bonds is 3. The van der Waals surface area contributed by atoms with Gasteiger partial charge in [-0.05, 0) is 56.4 Å². The number of carbonyl (C=O) groups is 1. The van der Waals surface area contributed by atoms with Crippen molar-refractivity contribution in [3.05, 3.63) is 0 Å². The van der Waals surface area contributed by atoms with E-state index in [1.807, 2.05) is 11.8 Å². The average molecular weight is 340 g/mol. The fourth-order valence-corrected chi connectivity index (χ4v) is 6.50. The topological polar surface area (TPSA) is 58.4 Å². The van der Waals surface area contributed by atoms with Gasteiger partial charge in [0.05, 0.1) is 5.37 Å². The maximum Gasteiger partial charge on any atom is 0.237 e. The van der Waals surface area contributed by atoms with Crippen molar-refractivity contribution in [3.63, 3.8) is 0 Å². The van der Waals surface area contributed by atoms with Crippen LogP contribution in [0.15, 0.2) is 0 Å². The molecule has 0 aromatic heterocycles. The summed E-state index contributed by atoms with van der Waals surface area (Å²) in [5.41, 5.74) is 5.77. The molecule has 2 aliphatic heterocycles. The molecule has 0 spiro atoms. The molecule has 5 heteroatoms. The van der Waals surface area contributed by atoms with E-state index in [1.165, 1.54) is 19.3 Å². The molecule has 1 saturated carbocycles. The smallest absolute Gasteiger partial charge is 0.237 e. The van der Waals surface area contributed by atoms with Gasteiger partial charge in [-0.1, -0.05) is 20.3 Å². The standard InChI is InChI=1S/C18H33N3OS/c1-11-4-5-15(12(2)8-11)17-20-13(3)16(23-17)18(22)21-7-6-14(9-19)10-21/h11-17,20H,4-10,19H2,1-3H3. The summed E-state index contributed by atoms with van der Waals surface area (Å²) in [5, 5.41) is 4.28. The first kappa shape index (κ1) is 17.6. The Bertz CT molecular complexity index is 432. The van der Waals surface area contributed by atoms with Gasteiger partial charge in [-0.25, -0.2) is 0 Å². The van der Waals surface area contributed by atoms with Gasteiger partial charge in [0, 0.05) is 19.1 Å². The lowest BCUT2D eigenvalue weighted by molar-refractivity contribution is -0.129. The van der Waals surface area contributed by atoms with Gasteiger partial charge >= 0.3 is 0 Å². The molecular weight excluding hydrogens is 306 g/mol. The van der Waals surface area contributed by atoms with Gasteiger partial charge < -0.3 is 16.0 Å². The minimum atomic E-state index is 0.0862. The normalized spacial score (nSPS) is 44.7. The Hall–Kier alpha value is -0.260. The number of hydrogen-bond acceptors (Lipinski definition) is 4. The number of nitrogens with zero attached hydrogens (tertiary/aromatic N) is 1. The molecule has 4 nitrogen and oxygen atoms in total. The maximum absolute atomic E-state index is 12.9. The Morgan fingerprint density at radius 3 is 2.70 bits per heavy atom. The van der Waals surface area contributed by atoms with E-state index < -0.39 is 0 Å². The zero-order valence-corrected chi connectivity index (χ0v) is 15.6. The number of likely N-dealkylation sites (tertiary alicyclic amines) is 1. The van der Waals surface area contributed by atoms with Crippen LogP contribution < -0.4 is 11.1 Å². The van der Waals surface area contributed by atoms with Crippen LogP contribution in [-0.4, -0.2) is 47.1 Å². The second-order valence-corrected chi connectivity index (χ2v) is 9.45. The highest BCUT2D eigenvalue weighted by Gasteiger charge is 2.44. The van der Waals surface area contributed by atoms with Crippen LogP contribution in [0.3, 0.4) is 0 Å². The molecule has 23 heavy (non-hydrogen) atoms. The fourth-order valence-electron chi connectivity index (χ4n) is 4.70. The molecule has 3 fully saturated rings. The van der Waals surface area contributed by atoms with Crippen molar-refractivity contribution < 1.29 is 4.79 Å². The Labute approximate surface area is 145 Å². The van der Waals surface area contributed by atoms with Gasteiger partial charge in [0.25, 0.3) is 0 Å². The summed E-state index contributed by atoms with van der Waals surface area (Å²) >= 11 is 1.90. The number of carbonyl (C=O) groups excluding carboxylic acids is 1. The second kappa shape index (κ2) is 7.32. The predicted octanol–water partition coefficient (Wildman–Crippen LogP) is 2.29. The molecule has 0 bridgehead atoms.